The Morgan fingerprint density at radius 3 is 1.60 bits per heavy atom. The second-order valence-corrected chi connectivity index (χ2v) is 14.1. The molecule has 0 aliphatic rings. The Bertz CT molecular complexity index is 2860. The summed E-state index contributed by atoms with van der Waals surface area (Å²) >= 11 is 1.87. The van der Waals surface area contributed by atoms with Crippen LogP contribution in [0.3, 0.4) is 0 Å². The molecule has 0 bridgehead atoms. The molecule has 10 rings (SSSR count). The zero-order valence-electron chi connectivity index (χ0n) is 27.3. The van der Waals surface area contributed by atoms with E-state index in [-0.39, 0.29) is 0 Å². The Kier molecular flexibility index (Phi) is 6.75. The largest absolute Gasteiger partial charge is 0.309 e. The van der Waals surface area contributed by atoms with E-state index in [0.717, 1.165) is 5.69 Å². The minimum atomic E-state index is 1.16. The van der Waals surface area contributed by atoms with Gasteiger partial charge in [-0.05, 0) is 105 Å². The molecule has 8 aromatic carbocycles. The summed E-state index contributed by atoms with van der Waals surface area (Å²) in [5, 5.41) is 5.16. The Morgan fingerprint density at radius 2 is 0.820 bits per heavy atom. The number of fused-ring (bicyclic) bond motifs is 6. The van der Waals surface area contributed by atoms with Crippen LogP contribution in [0, 0.1) is 0 Å². The van der Waals surface area contributed by atoms with Crippen LogP contribution in [0.2, 0.25) is 0 Å². The van der Waals surface area contributed by atoms with Crippen molar-refractivity contribution >= 4 is 53.3 Å². The van der Waals surface area contributed by atoms with E-state index >= 15 is 0 Å². The van der Waals surface area contributed by atoms with Crippen LogP contribution >= 0.6 is 11.3 Å². The maximum absolute atomic E-state index is 2.41. The molecule has 2 aromatic heterocycles. The van der Waals surface area contributed by atoms with Gasteiger partial charge in [0.2, 0.25) is 0 Å². The number of nitrogens with zero attached hydrogens (tertiary/aromatic N) is 1. The van der Waals surface area contributed by atoms with E-state index in [4.69, 9.17) is 0 Å². The Labute approximate surface area is 295 Å². The number of thiophene rings is 1. The van der Waals surface area contributed by atoms with E-state index < -0.39 is 0 Å². The number of benzene rings is 8. The van der Waals surface area contributed by atoms with Gasteiger partial charge in [-0.3, -0.25) is 0 Å². The van der Waals surface area contributed by atoms with Gasteiger partial charge in [0.05, 0.1) is 11.0 Å². The molecule has 0 amide bonds. The van der Waals surface area contributed by atoms with Crippen molar-refractivity contribution in [2.24, 2.45) is 0 Å². The molecule has 10 aromatic rings. The first-order chi connectivity index (χ1) is 24.8. The summed E-state index contributed by atoms with van der Waals surface area (Å²) in [5.41, 5.74) is 13.3. The highest BCUT2D eigenvalue weighted by Gasteiger charge is 2.15. The lowest BCUT2D eigenvalue weighted by Gasteiger charge is -2.13. The molecule has 0 aliphatic heterocycles. The summed E-state index contributed by atoms with van der Waals surface area (Å²) in [6, 6.07) is 68.8. The first-order valence-electron chi connectivity index (χ1n) is 17.1. The van der Waals surface area contributed by atoms with Crippen LogP contribution in [0.1, 0.15) is 0 Å². The van der Waals surface area contributed by atoms with Gasteiger partial charge in [0.25, 0.3) is 0 Å². The fourth-order valence-corrected chi connectivity index (χ4v) is 8.69. The molecule has 0 radical (unpaired) electrons. The summed E-state index contributed by atoms with van der Waals surface area (Å²) in [7, 11) is 0. The summed E-state index contributed by atoms with van der Waals surface area (Å²) in [6.07, 6.45) is 0. The molecule has 0 fully saturated rings. The van der Waals surface area contributed by atoms with E-state index in [1.54, 1.807) is 0 Å². The van der Waals surface area contributed by atoms with Crippen LogP contribution in [0.15, 0.2) is 188 Å². The molecule has 0 saturated heterocycles. The maximum atomic E-state index is 2.41. The van der Waals surface area contributed by atoms with Crippen molar-refractivity contribution in [1.29, 1.82) is 0 Å². The van der Waals surface area contributed by atoms with Crippen molar-refractivity contribution in [1.82, 2.24) is 4.57 Å². The van der Waals surface area contributed by atoms with Gasteiger partial charge < -0.3 is 4.57 Å². The monoisotopic (exact) mass is 653 g/mol. The topological polar surface area (TPSA) is 4.93 Å². The van der Waals surface area contributed by atoms with Gasteiger partial charge >= 0.3 is 0 Å². The third-order valence-electron chi connectivity index (χ3n) is 9.97. The summed E-state index contributed by atoms with van der Waals surface area (Å²) in [4.78, 5) is 0. The molecule has 0 spiro atoms. The highest BCUT2D eigenvalue weighted by Crippen LogP contribution is 2.40. The van der Waals surface area contributed by atoms with Gasteiger partial charge in [0.1, 0.15) is 0 Å². The van der Waals surface area contributed by atoms with Crippen LogP contribution in [0.5, 0.6) is 0 Å². The van der Waals surface area contributed by atoms with Gasteiger partial charge in [0.15, 0.2) is 0 Å². The molecular weight excluding hydrogens is 623 g/mol. The SMILES string of the molecule is c1ccc(-c2cc(-c3ccc4c(c3)sc3ccccc34)cc(-c3ccc4c(c3)c3ccccc3n4-c3cccc(-c4ccccc4)c3)c2)cc1. The molecule has 2 heterocycles. The highest BCUT2D eigenvalue weighted by atomic mass is 32.1. The van der Waals surface area contributed by atoms with Crippen LogP contribution < -0.4 is 0 Å². The lowest BCUT2D eigenvalue weighted by Crippen LogP contribution is -1.94. The minimum Gasteiger partial charge on any atom is -0.309 e. The highest BCUT2D eigenvalue weighted by molar-refractivity contribution is 7.25. The van der Waals surface area contributed by atoms with Crippen molar-refractivity contribution < 1.29 is 0 Å². The van der Waals surface area contributed by atoms with Crippen LogP contribution in [0.4, 0.5) is 0 Å². The fourth-order valence-electron chi connectivity index (χ4n) is 7.55. The lowest BCUT2D eigenvalue weighted by molar-refractivity contribution is 1.18. The zero-order chi connectivity index (χ0) is 33.0. The molecule has 0 N–H and O–H groups in total. The second kappa shape index (κ2) is 11.7. The van der Waals surface area contributed by atoms with Crippen molar-refractivity contribution in [2.45, 2.75) is 0 Å². The van der Waals surface area contributed by atoms with E-state index in [1.165, 1.54) is 86.5 Å². The van der Waals surface area contributed by atoms with Crippen molar-refractivity contribution in [3.05, 3.63) is 188 Å². The molecule has 0 aliphatic carbocycles. The molecule has 0 atom stereocenters. The summed E-state index contributed by atoms with van der Waals surface area (Å²) in [5.74, 6) is 0. The first kappa shape index (κ1) is 28.8. The molecule has 50 heavy (non-hydrogen) atoms. The third-order valence-corrected chi connectivity index (χ3v) is 11.1. The van der Waals surface area contributed by atoms with E-state index in [0.29, 0.717) is 0 Å². The molecule has 234 valence electrons. The average Bonchev–Trinajstić information content (AvgIpc) is 3.73. The normalized spacial score (nSPS) is 11.6. The van der Waals surface area contributed by atoms with Gasteiger partial charge in [0, 0.05) is 36.6 Å². The van der Waals surface area contributed by atoms with Crippen molar-refractivity contribution in [3.63, 3.8) is 0 Å². The second-order valence-electron chi connectivity index (χ2n) is 13.0. The Morgan fingerprint density at radius 1 is 0.280 bits per heavy atom. The predicted molar refractivity (Wildman–Crippen MR) is 215 cm³/mol. The fraction of sp³-hybridized carbons (Fsp3) is 0. The molecule has 0 saturated carbocycles. The number of hydrogen-bond donors (Lipinski definition) is 0. The van der Waals surface area contributed by atoms with Gasteiger partial charge in [-0.2, -0.15) is 0 Å². The number of aromatic nitrogens is 1. The van der Waals surface area contributed by atoms with E-state index in [1.807, 2.05) is 11.3 Å². The number of rotatable bonds is 5. The average molecular weight is 654 g/mol. The van der Waals surface area contributed by atoms with Crippen LogP contribution in [-0.2, 0) is 0 Å². The van der Waals surface area contributed by atoms with Gasteiger partial charge in [-0.25, -0.2) is 0 Å². The first-order valence-corrected chi connectivity index (χ1v) is 17.9. The van der Waals surface area contributed by atoms with Gasteiger partial charge in [-0.15, -0.1) is 11.3 Å². The standard InChI is InChI=1S/C48H31NS/c1-3-12-32(13-4-1)34-16-11-17-40(29-34)49-45-20-9-7-18-41(45)44-30-35(23-25-46(44)49)38-26-37(33-14-5-2-6-15-33)27-39(28-38)36-22-24-43-42-19-8-10-21-47(42)50-48(43)31-36/h1-31H. The lowest BCUT2D eigenvalue weighted by atomic mass is 9.92. The molecule has 0 unspecified atom stereocenters. The third kappa shape index (κ3) is 4.84. The number of hydrogen-bond acceptors (Lipinski definition) is 1. The molecular formula is C48H31NS. The van der Waals surface area contributed by atoms with Crippen LogP contribution in [-0.4, -0.2) is 4.57 Å². The van der Waals surface area contributed by atoms with E-state index in [9.17, 15) is 0 Å². The smallest absolute Gasteiger partial charge is 0.0541 e. The quantitative estimate of drug-likeness (QED) is 0.174. The molecule has 2 heteroatoms. The summed E-state index contributed by atoms with van der Waals surface area (Å²) < 4.78 is 5.06. The Hall–Kier alpha value is -6.22. The predicted octanol–water partition coefficient (Wildman–Crippen LogP) is 13.8. The van der Waals surface area contributed by atoms with Crippen molar-refractivity contribution in [2.75, 3.05) is 0 Å². The summed E-state index contributed by atoms with van der Waals surface area (Å²) in [6.45, 7) is 0. The van der Waals surface area contributed by atoms with E-state index in [2.05, 4.69) is 193 Å². The molecule has 1 nitrogen and oxygen atoms in total. The Balaban J connectivity index is 1.15. The number of para-hydroxylation sites is 1. The van der Waals surface area contributed by atoms with Crippen LogP contribution in [0.25, 0.3) is 92.2 Å². The maximum Gasteiger partial charge on any atom is 0.0541 e. The zero-order valence-corrected chi connectivity index (χ0v) is 28.1. The van der Waals surface area contributed by atoms with Gasteiger partial charge in [-0.1, -0.05) is 127 Å². The minimum absolute atomic E-state index is 1.16. The van der Waals surface area contributed by atoms with Crippen molar-refractivity contribution in [3.8, 4) is 50.2 Å².